The van der Waals surface area contributed by atoms with E-state index in [0.717, 1.165) is 10.2 Å². The molecule has 23 heavy (non-hydrogen) atoms. The predicted octanol–water partition coefficient (Wildman–Crippen LogP) is 2.82. The molecule has 2 N–H and O–H groups in total. The first kappa shape index (κ1) is 15.6. The van der Waals surface area contributed by atoms with E-state index in [1.165, 1.54) is 22.7 Å². The van der Waals surface area contributed by atoms with Gasteiger partial charge in [0.2, 0.25) is 0 Å². The molecule has 0 spiro atoms. The number of hydrogen-bond acceptors (Lipinski definition) is 6. The minimum atomic E-state index is -0.260. The molecule has 0 radical (unpaired) electrons. The number of nitrogens with zero attached hydrogens (tertiary/aromatic N) is 2. The fourth-order valence-corrected chi connectivity index (χ4v) is 3.52. The molecule has 0 saturated heterocycles. The maximum atomic E-state index is 12.4. The maximum Gasteiger partial charge on any atom is 0.268 e. The van der Waals surface area contributed by atoms with Gasteiger partial charge in [-0.2, -0.15) is 0 Å². The molecule has 0 atom stereocenters. The van der Waals surface area contributed by atoms with Crippen molar-refractivity contribution in [1.82, 2.24) is 15.4 Å². The zero-order valence-electron chi connectivity index (χ0n) is 12.5. The largest absolute Gasteiger partial charge is 0.313 e. The van der Waals surface area contributed by atoms with Crippen molar-refractivity contribution in [3.63, 3.8) is 0 Å². The quantitative estimate of drug-likeness (QED) is 0.713. The van der Waals surface area contributed by atoms with Crippen LogP contribution in [-0.4, -0.2) is 35.9 Å². The lowest BCUT2D eigenvalue weighted by Crippen LogP contribution is -2.36. The molecule has 6 nitrogen and oxygen atoms in total. The monoisotopic (exact) mass is 346 g/mol. The lowest BCUT2D eigenvalue weighted by molar-refractivity contribution is 0.0858. The Morgan fingerprint density at radius 1 is 1.13 bits per heavy atom. The van der Waals surface area contributed by atoms with Crippen LogP contribution < -0.4 is 10.7 Å². The number of carbonyl (C=O) groups is 2. The fraction of sp³-hybridized carbons (Fsp3) is 0.133. The Morgan fingerprint density at radius 3 is 2.74 bits per heavy atom. The number of hydrazine groups is 1. The van der Waals surface area contributed by atoms with Crippen LogP contribution in [0.15, 0.2) is 35.2 Å². The summed E-state index contributed by atoms with van der Waals surface area (Å²) in [6.45, 7) is 0. The molecule has 2 aromatic heterocycles. The van der Waals surface area contributed by atoms with Crippen LogP contribution in [0, 0.1) is 0 Å². The summed E-state index contributed by atoms with van der Waals surface area (Å²) in [5.41, 5.74) is 6.25. The number of hydrogen-bond donors (Lipinski definition) is 2. The van der Waals surface area contributed by atoms with Crippen LogP contribution >= 0.6 is 22.7 Å². The van der Waals surface area contributed by atoms with Crippen molar-refractivity contribution in [3.8, 4) is 0 Å². The number of nitrogens with one attached hydrogen (secondary N) is 2. The van der Waals surface area contributed by atoms with Crippen LogP contribution in [0.3, 0.4) is 0 Å². The van der Waals surface area contributed by atoms with Gasteiger partial charge in [0.1, 0.15) is 5.00 Å². The van der Waals surface area contributed by atoms with Crippen molar-refractivity contribution in [2.24, 2.45) is 0 Å². The minimum Gasteiger partial charge on any atom is -0.313 e. The number of fused-ring (bicyclic) bond motifs is 1. The molecular formula is C15H14N4O2S2. The first-order valence-corrected chi connectivity index (χ1v) is 8.51. The van der Waals surface area contributed by atoms with E-state index in [1.54, 1.807) is 48.2 Å². The van der Waals surface area contributed by atoms with E-state index in [4.69, 9.17) is 0 Å². The van der Waals surface area contributed by atoms with Gasteiger partial charge in [-0.3, -0.25) is 15.0 Å². The second-order valence-corrected chi connectivity index (χ2v) is 6.79. The third-order valence-electron chi connectivity index (χ3n) is 3.06. The highest BCUT2D eigenvalue weighted by Gasteiger charge is 2.16. The highest BCUT2D eigenvalue weighted by Crippen LogP contribution is 2.25. The molecule has 0 aliphatic carbocycles. The lowest BCUT2D eigenvalue weighted by atomic mass is 10.2. The smallest absolute Gasteiger partial charge is 0.268 e. The normalized spacial score (nSPS) is 10.9. The van der Waals surface area contributed by atoms with Gasteiger partial charge in [0, 0.05) is 19.7 Å². The molecule has 3 aromatic rings. The zero-order valence-corrected chi connectivity index (χ0v) is 14.1. The minimum absolute atomic E-state index is 0.248. The average molecular weight is 346 g/mol. The molecule has 8 heteroatoms. The molecule has 0 unspecified atom stereocenters. The van der Waals surface area contributed by atoms with E-state index in [0.29, 0.717) is 16.1 Å². The molecule has 0 fully saturated rings. The van der Waals surface area contributed by atoms with Crippen molar-refractivity contribution in [1.29, 1.82) is 0 Å². The van der Waals surface area contributed by atoms with E-state index in [2.05, 4.69) is 15.7 Å². The van der Waals surface area contributed by atoms with Gasteiger partial charge in [-0.05, 0) is 29.6 Å². The maximum absolute atomic E-state index is 12.4. The Balaban J connectivity index is 1.80. The van der Waals surface area contributed by atoms with Gasteiger partial charge in [-0.1, -0.05) is 0 Å². The Hall–Kier alpha value is -2.29. The zero-order chi connectivity index (χ0) is 16.4. The van der Waals surface area contributed by atoms with Crippen LogP contribution in [0.2, 0.25) is 0 Å². The van der Waals surface area contributed by atoms with Crippen molar-refractivity contribution in [2.75, 3.05) is 19.4 Å². The fourth-order valence-electron chi connectivity index (χ4n) is 2.02. The van der Waals surface area contributed by atoms with Gasteiger partial charge in [-0.15, -0.1) is 22.7 Å². The first-order valence-electron chi connectivity index (χ1n) is 6.75. The van der Waals surface area contributed by atoms with E-state index in [-0.39, 0.29) is 11.8 Å². The van der Waals surface area contributed by atoms with Gasteiger partial charge < -0.3 is 5.32 Å². The van der Waals surface area contributed by atoms with Crippen molar-refractivity contribution in [2.45, 2.75) is 0 Å². The molecule has 1 aromatic carbocycles. The molecule has 0 aliphatic heterocycles. The Kier molecular flexibility index (Phi) is 4.37. The molecule has 2 heterocycles. The highest BCUT2D eigenvalue weighted by atomic mass is 32.1. The van der Waals surface area contributed by atoms with Gasteiger partial charge in [-0.25, -0.2) is 9.99 Å². The summed E-state index contributed by atoms with van der Waals surface area (Å²) in [5, 5.41) is 6.66. The van der Waals surface area contributed by atoms with Crippen molar-refractivity contribution < 1.29 is 9.59 Å². The van der Waals surface area contributed by atoms with E-state index >= 15 is 0 Å². The van der Waals surface area contributed by atoms with Crippen LogP contribution in [0.4, 0.5) is 5.00 Å². The van der Waals surface area contributed by atoms with Crippen LogP contribution in [0.1, 0.15) is 20.7 Å². The third kappa shape index (κ3) is 3.39. The third-order valence-corrected chi connectivity index (χ3v) is 4.68. The lowest BCUT2D eigenvalue weighted by Gasteiger charge is -2.12. The summed E-state index contributed by atoms with van der Waals surface area (Å²) in [5.74, 6) is -0.508. The van der Waals surface area contributed by atoms with E-state index in [9.17, 15) is 9.59 Å². The summed E-state index contributed by atoms with van der Waals surface area (Å²) >= 11 is 2.80. The molecular weight excluding hydrogens is 332 g/mol. The molecule has 118 valence electrons. The average Bonchev–Trinajstić information content (AvgIpc) is 3.13. The Bertz CT molecular complexity index is 869. The standard InChI is InChI=1S/C15H14N4O2S2/c1-19(2)18-14(21)10-5-6-22-15(10)17-13(20)9-3-4-11-12(7-9)23-8-16-11/h3-8H,1-2H3,(H,17,20)(H,18,21). The summed E-state index contributed by atoms with van der Waals surface area (Å²) < 4.78 is 0.953. The molecule has 0 bridgehead atoms. The summed E-state index contributed by atoms with van der Waals surface area (Å²) in [4.78, 5) is 28.7. The Labute approximate surface area is 140 Å². The van der Waals surface area contributed by atoms with Crippen molar-refractivity contribution in [3.05, 3.63) is 46.3 Å². The number of carbonyl (C=O) groups excluding carboxylic acids is 2. The number of benzene rings is 1. The SMILES string of the molecule is CN(C)NC(=O)c1ccsc1NC(=O)c1ccc2ncsc2c1. The molecule has 2 amide bonds. The molecule has 0 aliphatic rings. The predicted molar refractivity (Wildman–Crippen MR) is 93.0 cm³/mol. The van der Waals surface area contributed by atoms with Crippen LogP contribution in [0.5, 0.6) is 0 Å². The molecule has 0 saturated carbocycles. The number of thiazole rings is 1. The first-order chi connectivity index (χ1) is 11.0. The van der Waals surface area contributed by atoms with Crippen molar-refractivity contribution >= 4 is 49.7 Å². The van der Waals surface area contributed by atoms with Gasteiger partial charge in [0.25, 0.3) is 11.8 Å². The van der Waals surface area contributed by atoms with Gasteiger partial charge in [0.15, 0.2) is 0 Å². The molecule has 3 rings (SSSR count). The topological polar surface area (TPSA) is 74.3 Å². The summed E-state index contributed by atoms with van der Waals surface area (Å²) in [7, 11) is 3.46. The number of aromatic nitrogens is 1. The van der Waals surface area contributed by atoms with E-state index in [1.807, 2.05) is 6.07 Å². The van der Waals surface area contributed by atoms with Crippen LogP contribution in [0.25, 0.3) is 10.2 Å². The second kappa shape index (κ2) is 6.45. The van der Waals surface area contributed by atoms with Gasteiger partial charge >= 0.3 is 0 Å². The van der Waals surface area contributed by atoms with Gasteiger partial charge in [0.05, 0.1) is 21.3 Å². The number of thiophene rings is 1. The Morgan fingerprint density at radius 2 is 1.96 bits per heavy atom. The van der Waals surface area contributed by atoms with Crippen LogP contribution in [-0.2, 0) is 0 Å². The number of rotatable bonds is 4. The number of anilines is 1. The summed E-state index contributed by atoms with van der Waals surface area (Å²) in [6.07, 6.45) is 0. The van der Waals surface area contributed by atoms with E-state index < -0.39 is 0 Å². The summed E-state index contributed by atoms with van der Waals surface area (Å²) in [6, 6.07) is 7.03. The second-order valence-electron chi connectivity index (χ2n) is 4.99. The number of amides is 2. The highest BCUT2D eigenvalue weighted by molar-refractivity contribution is 7.16.